The van der Waals surface area contributed by atoms with Crippen molar-refractivity contribution in [2.24, 2.45) is 17.8 Å². The molecule has 24 heavy (non-hydrogen) atoms. The standard InChI is InChI=1S/C14H20F4O5S/c15-13(16,14(17,18)24(19,20)21)10-6-9-5-8(10)7-11(9)23-12-3-1-2-4-22-12/h8-12H,1-7H2,(H,19,20,21). The second kappa shape index (κ2) is 6.07. The SMILES string of the molecule is O=S(=O)(O)C(F)(F)C(F)(F)C1CC2CC1CC2OC1CCCCO1. The van der Waals surface area contributed by atoms with E-state index in [-0.39, 0.29) is 31.2 Å². The molecule has 0 radical (unpaired) electrons. The summed E-state index contributed by atoms with van der Waals surface area (Å²) >= 11 is 0. The van der Waals surface area contributed by atoms with E-state index in [0.717, 1.165) is 12.8 Å². The van der Waals surface area contributed by atoms with Crippen LogP contribution >= 0.6 is 0 Å². The number of hydrogen-bond donors (Lipinski definition) is 1. The molecule has 2 saturated carbocycles. The second-order valence-corrected chi connectivity index (χ2v) is 8.38. The Bertz CT molecular complexity index is 576. The van der Waals surface area contributed by atoms with Gasteiger partial charge in [0.25, 0.3) is 0 Å². The van der Waals surface area contributed by atoms with Crippen LogP contribution in [-0.2, 0) is 19.6 Å². The van der Waals surface area contributed by atoms with Gasteiger partial charge in [-0.1, -0.05) is 0 Å². The minimum Gasteiger partial charge on any atom is -0.353 e. The highest BCUT2D eigenvalue weighted by atomic mass is 32.2. The van der Waals surface area contributed by atoms with E-state index in [0.29, 0.717) is 19.4 Å². The number of alkyl halides is 4. The molecule has 0 spiro atoms. The van der Waals surface area contributed by atoms with E-state index in [9.17, 15) is 26.0 Å². The van der Waals surface area contributed by atoms with E-state index in [1.54, 1.807) is 0 Å². The highest BCUT2D eigenvalue weighted by Crippen LogP contribution is 2.58. The van der Waals surface area contributed by atoms with Crippen LogP contribution in [-0.4, -0.2) is 43.1 Å². The maximum atomic E-state index is 14.1. The van der Waals surface area contributed by atoms with Crippen LogP contribution in [0.5, 0.6) is 0 Å². The molecule has 5 nitrogen and oxygen atoms in total. The zero-order chi connectivity index (χ0) is 17.8. The fourth-order valence-electron chi connectivity index (χ4n) is 4.23. The molecule has 140 valence electrons. The Morgan fingerprint density at radius 3 is 2.25 bits per heavy atom. The van der Waals surface area contributed by atoms with E-state index in [2.05, 4.69) is 0 Å². The van der Waals surface area contributed by atoms with Gasteiger partial charge in [0.15, 0.2) is 6.29 Å². The lowest BCUT2D eigenvalue weighted by atomic mass is 9.82. The number of halogens is 4. The number of rotatable bonds is 5. The molecule has 2 bridgehead atoms. The topological polar surface area (TPSA) is 72.8 Å². The average Bonchev–Trinajstić information content (AvgIpc) is 3.07. The minimum absolute atomic E-state index is 0.173. The minimum atomic E-state index is -6.19. The third-order valence-corrected chi connectivity index (χ3v) is 6.35. The van der Waals surface area contributed by atoms with Gasteiger partial charge < -0.3 is 9.47 Å². The predicted octanol–water partition coefficient (Wildman–Crippen LogP) is 3.06. The van der Waals surface area contributed by atoms with E-state index < -0.39 is 33.1 Å². The maximum Gasteiger partial charge on any atom is 0.431 e. The van der Waals surface area contributed by atoms with Crippen molar-refractivity contribution in [2.75, 3.05) is 6.61 Å². The lowest BCUT2D eigenvalue weighted by Gasteiger charge is -2.37. The first kappa shape index (κ1) is 18.3. The summed E-state index contributed by atoms with van der Waals surface area (Å²) in [5.41, 5.74) is 0. The zero-order valence-corrected chi connectivity index (χ0v) is 13.7. The highest BCUT2D eigenvalue weighted by Gasteiger charge is 2.72. The van der Waals surface area contributed by atoms with Crippen molar-refractivity contribution in [1.29, 1.82) is 0 Å². The molecule has 1 aliphatic heterocycles. The van der Waals surface area contributed by atoms with Crippen LogP contribution in [0, 0.1) is 17.8 Å². The number of hydrogen-bond acceptors (Lipinski definition) is 4. The summed E-state index contributed by atoms with van der Waals surface area (Å²) in [4.78, 5) is 0. The molecule has 3 rings (SSSR count). The van der Waals surface area contributed by atoms with Gasteiger partial charge in [-0.3, -0.25) is 4.55 Å². The van der Waals surface area contributed by atoms with Gasteiger partial charge in [-0.25, -0.2) is 0 Å². The van der Waals surface area contributed by atoms with E-state index in [4.69, 9.17) is 14.0 Å². The van der Waals surface area contributed by atoms with Crippen LogP contribution < -0.4 is 0 Å². The Labute approximate surface area is 137 Å². The van der Waals surface area contributed by atoms with Gasteiger partial charge in [0, 0.05) is 12.5 Å². The zero-order valence-electron chi connectivity index (χ0n) is 12.8. The van der Waals surface area contributed by atoms with Gasteiger partial charge in [0.1, 0.15) is 0 Å². The molecule has 5 atom stereocenters. The van der Waals surface area contributed by atoms with E-state index in [1.165, 1.54) is 0 Å². The van der Waals surface area contributed by atoms with Gasteiger partial charge in [-0.2, -0.15) is 26.0 Å². The Morgan fingerprint density at radius 1 is 1.04 bits per heavy atom. The molecule has 0 aromatic carbocycles. The van der Waals surface area contributed by atoms with Gasteiger partial charge in [0.05, 0.1) is 6.10 Å². The van der Waals surface area contributed by atoms with Crippen LogP contribution in [0.2, 0.25) is 0 Å². The molecule has 2 aliphatic carbocycles. The lowest BCUT2D eigenvalue weighted by Crippen LogP contribution is -2.53. The van der Waals surface area contributed by atoms with Crippen LogP contribution in [0.15, 0.2) is 0 Å². The van der Waals surface area contributed by atoms with Crippen LogP contribution in [0.4, 0.5) is 17.6 Å². The van der Waals surface area contributed by atoms with E-state index >= 15 is 0 Å². The largest absolute Gasteiger partial charge is 0.431 e. The summed E-state index contributed by atoms with van der Waals surface area (Å²) in [7, 11) is -6.19. The Hall–Kier alpha value is -0.450. The number of ether oxygens (including phenoxy) is 2. The predicted molar refractivity (Wildman–Crippen MR) is 74.2 cm³/mol. The molecule has 10 heteroatoms. The molecule has 5 unspecified atom stereocenters. The molecule has 0 aromatic rings. The summed E-state index contributed by atoms with van der Waals surface area (Å²) in [5.74, 6) is -7.68. The number of fused-ring (bicyclic) bond motifs is 2. The van der Waals surface area contributed by atoms with Crippen LogP contribution in [0.1, 0.15) is 38.5 Å². The van der Waals surface area contributed by atoms with Crippen molar-refractivity contribution < 1.29 is 40.0 Å². The fourth-order valence-corrected chi connectivity index (χ4v) is 4.73. The summed E-state index contributed by atoms with van der Waals surface area (Å²) in [6.45, 7) is 0.576. The molecular weight excluding hydrogens is 356 g/mol. The first-order valence-electron chi connectivity index (χ1n) is 8.03. The molecule has 0 amide bonds. The Balaban J connectivity index is 1.66. The first-order chi connectivity index (χ1) is 11.0. The molecule has 0 aromatic heterocycles. The summed E-state index contributed by atoms with van der Waals surface area (Å²) in [6, 6.07) is 0. The molecule has 3 aliphatic rings. The molecule has 1 heterocycles. The maximum absolute atomic E-state index is 14.1. The quantitative estimate of drug-likeness (QED) is 0.590. The monoisotopic (exact) mass is 376 g/mol. The summed E-state index contributed by atoms with van der Waals surface area (Å²) < 4.78 is 96.3. The van der Waals surface area contributed by atoms with Crippen molar-refractivity contribution in [2.45, 2.75) is 62.1 Å². The Kier molecular flexibility index (Phi) is 4.64. The summed E-state index contributed by atoms with van der Waals surface area (Å²) in [6.07, 6.45) is 2.10. The second-order valence-electron chi connectivity index (χ2n) is 6.92. The third kappa shape index (κ3) is 2.95. The summed E-state index contributed by atoms with van der Waals surface area (Å²) in [5, 5.41) is -5.49. The van der Waals surface area contributed by atoms with Crippen LogP contribution in [0.3, 0.4) is 0 Å². The van der Waals surface area contributed by atoms with Gasteiger partial charge in [-0.15, -0.1) is 0 Å². The Morgan fingerprint density at radius 2 is 1.75 bits per heavy atom. The van der Waals surface area contributed by atoms with Crippen molar-refractivity contribution in [3.63, 3.8) is 0 Å². The van der Waals surface area contributed by atoms with Crippen molar-refractivity contribution in [3.8, 4) is 0 Å². The fraction of sp³-hybridized carbons (Fsp3) is 1.00. The molecular formula is C14H20F4O5S. The van der Waals surface area contributed by atoms with Gasteiger partial charge in [0.2, 0.25) is 0 Å². The smallest absolute Gasteiger partial charge is 0.353 e. The van der Waals surface area contributed by atoms with Gasteiger partial charge in [-0.05, 0) is 50.4 Å². The van der Waals surface area contributed by atoms with Gasteiger partial charge >= 0.3 is 21.3 Å². The van der Waals surface area contributed by atoms with Crippen molar-refractivity contribution in [3.05, 3.63) is 0 Å². The van der Waals surface area contributed by atoms with E-state index in [1.807, 2.05) is 0 Å². The third-order valence-electron chi connectivity index (χ3n) is 5.43. The average molecular weight is 376 g/mol. The van der Waals surface area contributed by atoms with Crippen molar-refractivity contribution >= 4 is 10.1 Å². The first-order valence-corrected chi connectivity index (χ1v) is 9.47. The van der Waals surface area contributed by atoms with Crippen molar-refractivity contribution in [1.82, 2.24) is 0 Å². The molecule has 1 saturated heterocycles. The molecule has 3 fully saturated rings. The normalized spacial score (nSPS) is 37.8. The van der Waals surface area contributed by atoms with Crippen LogP contribution in [0.25, 0.3) is 0 Å². The highest BCUT2D eigenvalue weighted by molar-refractivity contribution is 7.87. The molecule has 1 N–H and O–H groups in total. The lowest BCUT2D eigenvalue weighted by molar-refractivity contribution is -0.221.